The summed E-state index contributed by atoms with van der Waals surface area (Å²) in [4.78, 5) is 0. The fourth-order valence-electron chi connectivity index (χ4n) is 1.77. The summed E-state index contributed by atoms with van der Waals surface area (Å²) in [5.74, 6) is 4.20. The van der Waals surface area contributed by atoms with Crippen LogP contribution in [0.25, 0.3) is 0 Å². The van der Waals surface area contributed by atoms with Crippen LogP contribution in [0.15, 0.2) is 18.2 Å². The Morgan fingerprint density at radius 3 is 2.57 bits per heavy atom. The molecule has 0 atom stereocenters. The lowest BCUT2D eigenvalue weighted by Crippen LogP contribution is -2.35. The topological polar surface area (TPSA) is 30.5 Å². The second kappa shape index (κ2) is 8.59. The number of unbranched alkanes of at least 4 members (excludes halogenated alkanes) is 1. The van der Waals surface area contributed by atoms with Crippen molar-refractivity contribution in [3.05, 3.63) is 23.8 Å². The summed E-state index contributed by atoms with van der Waals surface area (Å²) < 4.78 is 11.4. The van der Waals surface area contributed by atoms with Crippen molar-refractivity contribution in [2.45, 2.75) is 52.6 Å². The van der Waals surface area contributed by atoms with Crippen molar-refractivity contribution in [1.29, 1.82) is 0 Å². The van der Waals surface area contributed by atoms with E-state index in [1.807, 2.05) is 19.1 Å². The smallest absolute Gasteiger partial charge is 0.161 e. The van der Waals surface area contributed by atoms with Crippen LogP contribution in [0.3, 0.4) is 0 Å². The van der Waals surface area contributed by atoms with Crippen LogP contribution < -0.4 is 14.8 Å². The molecule has 0 radical (unpaired) electrons. The normalized spacial score (nSPS) is 11.0. The molecule has 0 unspecified atom stereocenters. The molecule has 3 nitrogen and oxygen atoms in total. The van der Waals surface area contributed by atoms with Gasteiger partial charge in [-0.05, 0) is 51.8 Å². The van der Waals surface area contributed by atoms with Crippen LogP contribution in [0.1, 0.15) is 46.1 Å². The Labute approximate surface area is 129 Å². The molecule has 0 spiro atoms. The van der Waals surface area contributed by atoms with Gasteiger partial charge in [-0.25, -0.2) is 0 Å². The maximum Gasteiger partial charge on any atom is 0.161 e. The molecule has 0 amide bonds. The van der Waals surface area contributed by atoms with Gasteiger partial charge >= 0.3 is 0 Å². The van der Waals surface area contributed by atoms with Gasteiger partial charge in [0.1, 0.15) is 0 Å². The Balaban J connectivity index is 2.69. The van der Waals surface area contributed by atoms with Gasteiger partial charge in [0, 0.05) is 18.5 Å². The predicted molar refractivity (Wildman–Crippen MR) is 87.8 cm³/mol. The quantitative estimate of drug-likeness (QED) is 0.584. The minimum absolute atomic E-state index is 0.0934. The minimum atomic E-state index is 0.0934. The third-order valence-corrected chi connectivity index (χ3v) is 2.85. The third-order valence-electron chi connectivity index (χ3n) is 2.85. The van der Waals surface area contributed by atoms with E-state index in [9.17, 15) is 0 Å². The van der Waals surface area contributed by atoms with Gasteiger partial charge in [0.15, 0.2) is 11.5 Å². The van der Waals surface area contributed by atoms with Crippen LogP contribution in [0.5, 0.6) is 11.5 Å². The molecule has 116 valence electrons. The van der Waals surface area contributed by atoms with E-state index in [1.165, 1.54) is 5.56 Å². The molecule has 0 aliphatic carbocycles. The van der Waals surface area contributed by atoms with Crippen molar-refractivity contribution < 1.29 is 9.47 Å². The lowest BCUT2D eigenvalue weighted by Gasteiger charge is -2.21. The van der Waals surface area contributed by atoms with Crippen molar-refractivity contribution in [3.63, 3.8) is 0 Å². The molecular weight excluding hydrogens is 262 g/mol. The summed E-state index contributed by atoms with van der Waals surface area (Å²) in [6.07, 6.45) is 6.83. The van der Waals surface area contributed by atoms with E-state index < -0.39 is 0 Å². The number of rotatable bonds is 8. The third kappa shape index (κ3) is 7.06. The summed E-state index contributed by atoms with van der Waals surface area (Å²) in [6, 6.07) is 6.08. The monoisotopic (exact) mass is 289 g/mol. The molecule has 0 saturated heterocycles. The van der Waals surface area contributed by atoms with E-state index in [1.54, 1.807) is 0 Å². The highest BCUT2D eigenvalue weighted by atomic mass is 16.5. The van der Waals surface area contributed by atoms with Gasteiger partial charge in [0.05, 0.1) is 13.2 Å². The fourth-order valence-corrected chi connectivity index (χ4v) is 1.77. The molecule has 0 aromatic heterocycles. The average Bonchev–Trinajstić information content (AvgIpc) is 2.42. The molecule has 0 fully saturated rings. The highest BCUT2D eigenvalue weighted by molar-refractivity contribution is 5.43. The van der Waals surface area contributed by atoms with Gasteiger partial charge in [-0.3, -0.25) is 0 Å². The van der Waals surface area contributed by atoms with Gasteiger partial charge in [-0.1, -0.05) is 6.07 Å². The Hall–Kier alpha value is -1.66. The largest absolute Gasteiger partial charge is 0.490 e. The molecule has 21 heavy (non-hydrogen) atoms. The molecule has 1 aromatic rings. The lowest BCUT2D eigenvalue weighted by molar-refractivity contribution is 0.274. The summed E-state index contributed by atoms with van der Waals surface area (Å²) in [5, 5.41) is 3.47. The van der Waals surface area contributed by atoms with Crippen LogP contribution >= 0.6 is 0 Å². The van der Waals surface area contributed by atoms with Crippen LogP contribution in [-0.4, -0.2) is 18.8 Å². The van der Waals surface area contributed by atoms with Crippen molar-refractivity contribution in [3.8, 4) is 23.8 Å². The molecular formula is C18H27NO2. The second-order valence-electron chi connectivity index (χ2n) is 5.97. The van der Waals surface area contributed by atoms with Crippen LogP contribution in [-0.2, 0) is 6.54 Å². The van der Waals surface area contributed by atoms with Crippen molar-refractivity contribution in [2.24, 2.45) is 0 Å². The summed E-state index contributed by atoms with van der Waals surface area (Å²) >= 11 is 0. The number of ether oxygens (including phenoxy) is 2. The predicted octanol–water partition coefficient (Wildman–Crippen LogP) is 3.77. The maximum atomic E-state index is 5.75. The standard InChI is InChI=1S/C18H27NO2/c1-6-8-9-12-21-16-11-10-15(13-17(16)20-7-2)14-19-18(3,4)5/h1,10-11,13,19H,7-9,12,14H2,2-5H3. The molecule has 3 heteroatoms. The average molecular weight is 289 g/mol. The molecule has 1 N–H and O–H groups in total. The van der Waals surface area contributed by atoms with Crippen molar-refractivity contribution in [1.82, 2.24) is 5.32 Å². The fraction of sp³-hybridized carbons (Fsp3) is 0.556. The zero-order chi connectivity index (χ0) is 15.7. The second-order valence-corrected chi connectivity index (χ2v) is 5.97. The summed E-state index contributed by atoms with van der Waals surface area (Å²) in [7, 11) is 0. The number of terminal acetylenes is 1. The Bertz CT molecular complexity index is 469. The number of nitrogens with one attached hydrogen (secondary N) is 1. The van der Waals surface area contributed by atoms with E-state index in [-0.39, 0.29) is 5.54 Å². The molecule has 0 heterocycles. The van der Waals surface area contributed by atoms with E-state index in [0.717, 1.165) is 30.9 Å². The Kier molecular flexibility index (Phi) is 7.11. The van der Waals surface area contributed by atoms with Gasteiger partial charge in [0.2, 0.25) is 0 Å². The molecule has 0 aliphatic rings. The number of hydrogen-bond acceptors (Lipinski definition) is 3. The molecule has 1 aromatic carbocycles. The first-order chi connectivity index (χ1) is 9.96. The highest BCUT2D eigenvalue weighted by Gasteiger charge is 2.11. The Morgan fingerprint density at radius 2 is 1.95 bits per heavy atom. The SMILES string of the molecule is C#CCCCOc1ccc(CNC(C)(C)C)cc1OCC. The van der Waals surface area contributed by atoms with Gasteiger partial charge in [-0.15, -0.1) is 12.3 Å². The van der Waals surface area contributed by atoms with Gasteiger partial charge < -0.3 is 14.8 Å². The zero-order valence-electron chi connectivity index (χ0n) is 13.7. The Morgan fingerprint density at radius 1 is 1.19 bits per heavy atom. The van der Waals surface area contributed by atoms with E-state index in [4.69, 9.17) is 15.9 Å². The van der Waals surface area contributed by atoms with Crippen molar-refractivity contribution >= 4 is 0 Å². The first-order valence-corrected chi connectivity index (χ1v) is 7.53. The lowest BCUT2D eigenvalue weighted by atomic mass is 10.1. The molecule has 0 bridgehead atoms. The minimum Gasteiger partial charge on any atom is -0.490 e. The van der Waals surface area contributed by atoms with Gasteiger partial charge in [0.25, 0.3) is 0 Å². The molecule has 1 rings (SSSR count). The summed E-state index contributed by atoms with van der Waals surface area (Å²) in [6.45, 7) is 10.5. The van der Waals surface area contributed by atoms with Crippen LogP contribution in [0, 0.1) is 12.3 Å². The van der Waals surface area contributed by atoms with Crippen LogP contribution in [0.2, 0.25) is 0 Å². The number of hydrogen-bond donors (Lipinski definition) is 1. The summed E-state index contributed by atoms with van der Waals surface area (Å²) in [5.41, 5.74) is 1.28. The number of benzene rings is 1. The van der Waals surface area contributed by atoms with Crippen LogP contribution in [0.4, 0.5) is 0 Å². The zero-order valence-corrected chi connectivity index (χ0v) is 13.7. The molecule has 0 aliphatic heterocycles. The van der Waals surface area contributed by atoms with Crippen molar-refractivity contribution in [2.75, 3.05) is 13.2 Å². The van der Waals surface area contributed by atoms with E-state index in [0.29, 0.717) is 13.2 Å². The maximum absolute atomic E-state index is 5.75. The first-order valence-electron chi connectivity index (χ1n) is 7.53. The highest BCUT2D eigenvalue weighted by Crippen LogP contribution is 2.29. The van der Waals surface area contributed by atoms with E-state index in [2.05, 4.69) is 38.1 Å². The molecule has 0 saturated carbocycles. The van der Waals surface area contributed by atoms with Gasteiger partial charge in [-0.2, -0.15) is 0 Å². The first kappa shape index (κ1) is 17.4. The van der Waals surface area contributed by atoms with E-state index >= 15 is 0 Å².